The Kier molecular flexibility index (Phi) is 6.48. The van der Waals surface area contributed by atoms with Gasteiger partial charge in [-0.3, -0.25) is 14.3 Å². The van der Waals surface area contributed by atoms with E-state index < -0.39 is 9.84 Å². The Bertz CT molecular complexity index is 1340. The molecule has 1 saturated heterocycles. The monoisotopic (exact) mass is 490 g/mol. The molecule has 4 rings (SSSR count). The summed E-state index contributed by atoms with van der Waals surface area (Å²) in [5.74, 6) is 0.890. The number of anilines is 1. The number of rotatable bonds is 7. The van der Waals surface area contributed by atoms with Gasteiger partial charge in [0.05, 0.1) is 28.6 Å². The molecule has 0 saturated carbocycles. The summed E-state index contributed by atoms with van der Waals surface area (Å²) in [6.45, 7) is 1.78. The molecule has 10 nitrogen and oxygen atoms in total. The molecule has 1 amide bonds. The number of carbonyl (C=O) groups excluding carboxylic acids is 1. The summed E-state index contributed by atoms with van der Waals surface area (Å²) in [4.78, 5) is 25.5. The summed E-state index contributed by atoms with van der Waals surface area (Å²) >= 11 is 1.22. The molecule has 1 aliphatic heterocycles. The van der Waals surface area contributed by atoms with Gasteiger partial charge in [0.25, 0.3) is 5.56 Å². The van der Waals surface area contributed by atoms with E-state index in [0.29, 0.717) is 35.2 Å². The lowest BCUT2D eigenvalue weighted by molar-refractivity contribution is -0.113. The smallest absolute Gasteiger partial charge is 0.295 e. The van der Waals surface area contributed by atoms with E-state index in [4.69, 9.17) is 0 Å². The minimum absolute atomic E-state index is 0.0480. The molecule has 0 unspecified atom stereocenters. The molecule has 0 radical (unpaired) electrons. The van der Waals surface area contributed by atoms with Crippen LogP contribution in [0.1, 0.15) is 17.9 Å². The first-order valence-electron chi connectivity index (χ1n) is 10.5. The predicted molar refractivity (Wildman–Crippen MR) is 127 cm³/mol. The molecule has 0 aliphatic carbocycles. The SMILES string of the molecule is Cc1c(NC(=O)CSc2nnc(C[C@H]3CCS(=O)(=O)C3)n2C)c(=O)n(-c2ccccc2)n1C. The molecular formula is C21H26N6O4S2. The number of sulfone groups is 1. The number of nitrogens with one attached hydrogen (secondary N) is 1. The number of amides is 1. The fraction of sp³-hybridized carbons (Fsp3) is 0.429. The van der Waals surface area contributed by atoms with E-state index in [0.717, 1.165) is 0 Å². The highest BCUT2D eigenvalue weighted by Gasteiger charge is 2.29. The van der Waals surface area contributed by atoms with E-state index in [1.165, 1.54) is 16.4 Å². The van der Waals surface area contributed by atoms with Gasteiger partial charge in [-0.15, -0.1) is 10.2 Å². The molecule has 0 spiro atoms. The van der Waals surface area contributed by atoms with Crippen LogP contribution in [0, 0.1) is 12.8 Å². The van der Waals surface area contributed by atoms with Gasteiger partial charge < -0.3 is 9.88 Å². The highest BCUT2D eigenvalue weighted by Crippen LogP contribution is 2.24. The Hall–Kier alpha value is -2.86. The minimum atomic E-state index is -2.94. The molecule has 33 heavy (non-hydrogen) atoms. The maximum Gasteiger partial charge on any atom is 0.295 e. The molecule has 2 aromatic heterocycles. The van der Waals surface area contributed by atoms with Gasteiger partial charge in [-0.25, -0.2) is 13.1 Å². The van der Waals surface area contributed by atoms with Crippen molar-refractivity contribution in [3.05, 3.63) is 52.2 Å². The first-order chi connectivity index (χ1) is 15.7. The number of benzene rings is 1. The van der Waals surface area contributed by atoms with Crippen LogP contribution in [0.2, 0.25) is 0 Å². The maximum atomic E-state index is 12.9. The van der Waals surface area contributed by atoms with Gasteiger partial charge in [0.1, 0.15) is 11.5 Å². The summed E-state index contributed by atoms with van der Waals surface area (Å²) in [7, 11) is 0.629. The van der Waals surface area contributed by atoms with E-state index in [9.17, 15) is 18.0 Å². The maximum absolute atomic E-state index is 12.9. The Balaban J connectivity index is 1.41. The summed E-state index contributed by atoms with van der Waals surface area (Å²) in [6.07, 6.45) is 1.18. The van der Waals surface area contributed by atoms with Gasteiger partial charge in [0, 0.05) is 20.5 Å². The van der Waals surface area contributed by atoms with Gasteiger partial charge in [-0.1, -0.05) is 30.0 Å². The van der Waals surface area contributed by atoms with Crippen molar-refractivity contribution >= 4 is 33.2 Å². The van der Waals surface area contributed by atoms with E-state index in [2.05, 4.69) is 15.5 Å². The highest BCUT2D eigenvalue weighted by molar-refractivity contribution is 7.99. The third-order valence-electron chi connectivity index (χ3n) is 5.87. The van der Waals surface area contributed by atoms with Crippen molar-refractivity contribution in [1.29, 1.82) is 0 Å². The van der Waals surface area contributed by atoms with Crippen LogP contribution < -0.4 is 10.9 Å². The molecule has 12 heteroatoms. The molecular weight excluding hydrogens is 464 g/mol. The first-order valence-corrected chi connectivity index (χ1v) is 13.3. The fourth-order valence-corrected chi connectivity index (χ4v) is 6.55. The topological polar surface area (TPSA) is 121 Å². The lowest BCUT2D eigenvalue weighted by Crippen LogP contribution is -2.23. The quantitative estimate of drug-likeness (QED) is 0.496. The summed E-state index contributed by atoms with van der Waals surface area (Å²) in [5, 5.41) is 11.6. The third kappa shape index (κ3) is 4.91. The van der Waals surface area contributed by atoms with Crippen LogP contribution in [0.5, 0.6) is 0 Å². The van der Waals surface area contributed by atoms with E-state index >= 15 is 0 Å². The molecule has 1 atom stereocenters. The van der Waals surface area contributed by atoms with Crippen molar-refractivity contribution in [3.63, 3.8) is 0 Å². The highest BCUT2D eigenvalue weighted by atomic mass is 32.2. The Morgan fingerprint density at radius 3 is 2.61 bits per heavy atom. The molecule has 1 aliphatic rings. The number of hydrogen-bond acceptors (Lipinski definition) is 7. The first kappa shape index (κ1) is 23.3. The molecule has 1 fully saturated rings. The Morgan fingerprint density at radius 2 is 1.94 bits per heavy atom. The second-order valence-corrected chi connectivity index (χ2v) is 11.4. The van der Waals surface area contributed by atoms with Crippen LogP contribution in [0.4, 0.5) is 5.69 Å². The van der Waals surface area contributed by atoms with Crippen LogP contribution in [-0.4, -0.2) is 55.7 Å². The van der Waals surface area contributed by atoms with Gasteiger partial charge in [0.15, 0.2) is 15.0 Å². The van der Waals surface area contributed by atoms with Gasteiger partial charge in [0.2, 0.25) is 5.91 Å². The van der Waals surface area contributed by atoms with Crippen molar-refractivity contribution in [3.8, 4) is 5.69 Å². The Morgan fingerprint density at radius 1 is 1.21 bits per heavy atom. The molecule has 1 aromatic carbocycles. The summed E-state index contributed by atoms with van der Waals surface area (Å²) in [5.41, 5.74) is 1.30. The predicted octanol–water partition coefficient (Wildman–Crippen LogP) is 1.32. The zero-order chi connectivity index (χ0) is 23.8. The number of nitrogens with zero attached hydrogens (tertiary/aromatic N) is 5. The minimum Gasteiger partial charge on any atom is -0.319 e. The van der Waals surface area contributed by atoms with Crippen LogP contribution in [0.25, 0.3) is 5.69 Å². The van der Waals surface area contributed by atoms with Crippen molar-refractivity contribution in [2.45, 2.75) is 24.9 Å². The van der Waals surface area contributed by atoms with Gasteiger partial charge >= 0.3 is 0 Å². The lowest BCUT2D eigenvalue weighted by Gasteiger charge is -2.08. The van der Waals surface area contributed by atoms with Crippen LogP contribution >= 0.6 is 11.8 Å². The van der Waals surface area contributed by atoms with Gasteiger partial charge in [-0.2, -0.15) is 0 Å². The number of thioether (sulfide) groups is 1. The second kappa shape index (κ2) is 9.18. The normalized spacial score (nSPS) is 17.4. The van der Waals surface area contributed by atoms with Crippen molar-refractivity contribution in [2.75, 3.05) is 22.6 Å². The number of hydrogen-bond donors (Lipinski definition) is 1. The van der Waals surface area contributed by atoms with Crippen molar-refractivity contribution < 1.29 is 13.2 Å². The van der Waals surface area contributed by atoms with E-state index in [1.807, 2.05) is 30.3 Å². The average Bonchev–Trinajstić information content (AvgIpc) is 3.37. The second-order valence-electron chi connectivity index (χ2n) is 8.20. The summed E-state index contributed by atoms with van der Waals surface area (Å²) in [6, 6.07) is 9.22. The van der Waals surface area contributed by atoms with Crippen molar-refractivity contribution in [1.82, 2.24) is 24.1 Å². The molecule has 1 N–H and O–H groups in total. The van der Waals surface area contributed by atoms with Crippen molar-refractivity contribution in [2.24, 2.45) is 20.0 Å². The molecule has 176 valence electrons. The van der Waals surface area contributed by atoms with Crippen LogP contribution in [0.15, 0.2) is 40.3 Å². The number of carbonyl (C=O) groups is 1. The van der Waals surface area contributed by atoms with Crippen LogP contribution in [0.3, 0.4) is 0 Å². The molecule has 0 bridgehead atoms. The summed E-state index contributed by atoms with van der Waals surface area (Å²) < 4.78 is 28.4. The zero-order valence-electron chi connectivity index (χ0n) is 18.7. The molecule has 3 heterocycles. The van der Waals surface area contributed by atoms with Crippen LogP contribution in [-0.2, 0) is 35.1 Å². The zero-order valence-corrected chi connectivity index (χ0v) is 20.3. The Labute approximate surface area is 195 Å². The standard InChI is InChI=1S/C21H26N6O4S2/c1-14-19(20(29)27(26(14)3)16-7-5-4-6-8-16)22-18(28)12-32-21-24-23-17(25(21)2)11-15-9-10-33(30,31)13-15/h4-8,15H,9-13H2,1-3H3,(H,22,28)/t15-/m1/s1. The third-order valence-corrected chi connectivity index (χ3v) is 8.73. The van der Waals surface area contributed by atoms with Gasteiger partial charge in [-0.05, 0) is 31.4 Å². The van der Waals surface area contributed by atoms with E-state index in [-0.39, 0.29) is 40.3 Å². The largest absolute Gasteiger partial charge is 0.319 e. The number of aromatic nitrogens is 5. The number of para-hydroxylation sites is 1. The molecule has 3 aromatic rings. The van der Waals surface area contributed by atoms with E-state index in [1.54, 1.807) is 30.3 Å². The average molecular weight is 491 g/mol. The lowest BCUT2D eigenvalue weighted by atomic mass is 10.1. The fourth-order valence-electron chi connectivity index (χ4n) is 3.96.